The molecule has 2 fully saturated rings. The first-order valence-corrected chi connectivity index (χ1v) is 8.32. The van der Waals surface area contributed by atoms with Gasteiger partial charge in [0.25, 0.3) is 0 Å². The van der Waals surface area contributed by atoms with E-state index in [0.717, 1.165) is 25.9 Å². The summed E-state index contributed by atoms with van der Waals surface area (Å²) in [6.45, 7) is 7.62. The number of hydrogen-bond donors (Lipinski definition) is 2. The fourth-order valence-electron chi connectivity index (χ4n) is 3.56. The molecule has 0 aromatic heterocycles. The molecule has 0 spiro atoms. The normalized spacial score (nSPS) is 31.7. The first kappa shape index (κ1) is 15.8. The van der Waals surface area contributed by atoms with Gasteiger partial charge < -0.3 is 16.0 Å². The largest absolute Gasteiger partial charge is 0.356 e. The lowest BCUT2D eigenvalue weighted by molar-refractivity contribution is -0.122. The molecule has 2 rings (SSSR count). The molecule has 20 heavy (non-hydrogen) atoms. The van der Waals surface area contributed by atoms with Crippen LogP contribution in [0.25, 0.3) is 0 Å². The van der Waals surface area contributed by atoms with Crippen molar-refractivity contribution in [2.75, 3.05) is 19.6 Å². The molecule has 3 unspecified atom stereocenters. The topological polar surface area (TPSA) is 58.4 Å². The predicted molar refractivity (Wildman–Crippen MR) is 82.4 cm³/mol. The molecule has 1 saturated heterocycles. The van der Waals surface area contributed by atoms with Crippen LogP contribution in [0.3, 0.4) is 0 Å². The van der Waals surface area contributed by atoms with E-state index in [-0.39, 0.29) is 11.9 Å². The zero-order valence-corrected chi connectivity index (χ0v) is 13.1. The van der Waals surface area contributed by atoms with Gasteiger partial charge in [-0.2, -0.15) is 0 Å². The third-order valence-corrected chi connectivity index (χ3v) is 5.05. The molecule has 1 aliphatic heterocycles. The van der Waals surface area contributed by atoms with Gasteiger partial charge in [0, 0.05) is 31.6 Å². The monoisotopic (exact) mass is 281 g/mol. The molecular weight excluding hydrogens is 250 g/mol. The third kappa shape index (κ3) is 4.45. The number of nitrogens with one attached hydrogen (secondary N) is 1. The second kappa shape index (κ2) is 7.41. The first-order chi connectivity index (χ1) is 9.56. The van der Waals surface area contributed by atoms with E-state index in [1.165, 1.54) is 25.8 Å². The molecule has 4 nitrogen and oxygen atoms in total. The second-order valence-corrected chi connectivity index (χ2v) is 6.96. The Morgan fingerprint density at radius 3 is 2.70 bits per heavy atom. The standard InChI is InChI=1S/C16H31N3O/c1-12(2)19-8-7-13(11-19)10-18-16(20)9-14-5-3-4-6-15(14)17/h12-15H,3-11,17H2,1-2H3,(H,18,20). The number of rotatable bonds is 5. The molecule has 0 aromatic rings. The fraction of sp³-hybridized carbons (Fsp3) is 0.938. The Balaban J connectivity index is 1.65. The van der Waals surface area contributed by atoms with E-state index in [9.17, 15) is 4.79 Å². The van der Waals surface area contributed by atoms with Crippen molar-refractivity contribution in [3.63, 3.8) is 0 Å². The molecule has 116 valence electrons. The lowest BCUT2D eigenvalue weighted by Gasteiger charge is -2.28. The average Bonchev–Trinajstić information content (AvgIpc) is 2.88. The lowest BCUT2D eigenvalue weighted by Crippen LogP contribution is -2.38. The molecule has 1 amide bonds. The number of nitrogens with two attached hydrogens (primary N) is 1. The van der Waals surface area contributed by atoms with E-state index in [0.29, 0.717) is 24.3 Å². The van der Waals surface area contributed by atoms with E-state index >= 15 is 0 Å². The molecule has 0 aromatic carbocycles. The van der Waals surface area contributed by atoms with Gasteiger partial charge in [0.15, 0.2) is 0 Å². The summed E-state index contributed by atoms with van der Waals surface area (Å²) >= 11 is 0. The minimum Gasteiger partial charge on any atom is -0.356 e. The second-order valence-electron chi connectivity index (χ2n) is 6.96. The molecule has 3 N–H and O–H groups in total. The van der Waals surface area contributed by atoms with Crippen LogP contribution in [0.1, 0.15) is 52.4 Å². The molecule has 3 atom stereocenters. The summed E-state index contributed by atoms with van der Waals surface area (Å²) in [6, 6.07) is 0.855. The number of likely N-dealkylation sites (tertiary alicyclic amines) is 1. The van der Waals surface area contributed by atoms with E-state index in [2.05, 4.69) is 24.1 Å². The van der Waals surface area contributed by atoms with Crippen LogP contribution in [0.4, 0.5) is 0 Å². The van der Waals surface area contributed by atoms with Gasteiger partial charge in [-0.1, -0.05) is 12.8 Å². The van der Waals surface area contributed by atoms with Crippen LogP contribution in [0.2, 0.25) is 0 Å². The summed E-state index contributed by atoms with van der Waals surface area (Å²) in [5, 5.41) is 3.13. The Labute approximate surface area is 123 Å². The molecule has 0 radical (unpaired) electrons. The van der Waals surface area contributed by atoms with Gasteiger partial charge in [-0.15, -0.1) is 0 Å². The Kier molecular flexibility index (Phi) is 5.85. The summed E-state index contributed by atoms with van der Waals surface area (Å²) in [6.07, 6.45) is 6.51. The van der Waals surface area contributed by atoms with Crippen molar-refractivity contribution in [2.45, 2.75) is 64.5 Å². The molecule has 1 aliphatic carbocycles. The number of hydrogen-bond acceptors (Lipinski definition) is 3. The fourth-order valence-corrected chi connectivity index (χ4v) is 3.56. The number of amides is 1. The zero-order valence-electron chi connectivity index (χ0n) is 13.1. The van der Waals surface area contributed by atoms with Crippen molar-refractivity contribution in [1.82, 2.24) is 10.2 Å². The van der Waals surface area contributed by atoms with Gasteiger partial charge in [0.05, 0.1) is 0 Å². The van der Waals surface area contributed by atoms with E-state index < -0.39 is 0 Å². The SMILES string of the molecule is CC(C)N1CCC(CNC(=O)CC2CCCCC2N)C1. The van der Waals surface area contributed by atoms with Gasteiger partial charge in [-0.05, 0) is 51.5 Å². The number of carbonyl (C=O) groups is 1. The van der Waals surface area contributed by atoms with E-state index in [1.807, 2.05) is 0 Å². The predicted octanol–water partition coefficient (Wildman–Crippen LogP) is 1.74. The highest BCUT2D eigenvalue weighted by atomic mass is 16.1. The molecule has 4 heteroatoms. The Bertz CT molecular complexity index is 319. The maximum absolute atomic E-state index is 12.0. The van der Waals surface area contributed by atoms with Crippen molar-refractivity contribution in [3.05, 3.63) is 0 Å². The van der Waals surface area contributed by atoms with Crippen LogP contribution < -0.4 is 11.1 Å². The average molecular weight is 281 g/mol. The Morgan fingerprint density at radius 1 is 1.30 bits per heavy atom. The van der Waals surface area contributed by atoms with E-state index in [1.54, 1.807) is 0 Å². The van der Waals surface area contributed by atoms with Crippen molar-refractivity contribution >= 4 is 5.91 Å². The highest BCUT2D eigenvalue weighted by Crippen LogP contribution is 2.25. The lowest BCUT2D eigenvalue weighted by atomic mass is 9.83. The minimum atomic E-state index is 0.204. The molecule has 0 bridgehead atoms. The number of nitrogens with zero attached hydrogens (tertiary/aromatic N) is 1. The van der Waals surface area contributed by atoms with Crippen molar-refractivity contribution in [2.24, 2.45) is 17.6 Å². The van der Waals surface area contributed by atoms with Crippen LogP contribution >= 0.6 is 0 Å². The van der Waals surface area contributed by atoms with Gasteiger partial charge in [0.2, 0.25) is 5.91 Å². The molecule has 2 aliphatic rings. The highest BCUT2D eigenvalue weighted by molar-refractivity contribution is 5.76. The van der Waals surface area contributed by atoms with Crippen molar-refractivity contribution in [3.8, 4) is 0 Å². The molecule has 1 heterocycles. The summed E-state index contributed by atoms with van der Waals surface area (Å²) in [4.78, 5) is 14.5. The van der Waals surface area contributed by atoms with Gasteiger partial charge in [0.1, 0.15) is 0 Å². The minimum absolute atomic E-state index is 0.204. The maximum atomic E-state index is 12.0. The highest BCUT2D eigenvalue weighted by Gasteiger charge is 2.26. The van der Waals surface area contributed by atoms with Crippen LogP contribution in [0.15, 0.2) is 0 Å². The Morgan fingerprint density at radius 2 is 2.05 bits per heavy atom. The van der Waals surface area contributed by atoms with Crippen LogP contribution in [0.5, 0.6) is 0 Å². The zero-order chi connectivity index (χ0) is 14.5. The van der Waals surface area contributed by atoms with Gasteiger partial charge >= 0.3 is 0 Å². The van der Waals surface area contributed by atoms with Crippen LogP contribution in [-0.4, -0.2) is 42.5 Å². The van der Waals surface area contributed by atoms with Crippen molar-refractivity contribution in [1.29, 1.82) is 0 Å². The number of carbonyl (C=O) groups excluding carboxylic acids is 1. The smallest absolute Gasteiger partial charge is 0.220 e. The summed E-state index contributed by atoms with van der Waals surface area (Å²) in [5.74, 6) is 1.23. The quantitative estimate of drug-likeness (QED) is 0.807. The summed E-state index contributed by atoms with van der Waals surface area (Å²) < 4.78 is 0. The first-order valence-electron chi connectivity index (χ1n) is 8.32. The molecular formula is C16H31N3O. The Hall–Kier alpha value is -0.610. The van der Waals surface area contributed by atoms with Gasteiger partial charge in [-0.3, -0.25) is 4.79 Å². The van der Waals surface area contributed by atoms with Crippen molar-refractivity contribution < 1.29 is 4.79 Å². The van der Waals surface area contributed by atoms with Crippen LogP contribution in [0, 0.1) is 11.8 Å². The van der Waals surface area contributed by atoms with Crippen LogP contribution in [-0.2, 0) is 4.79 Å². The van der Waals surface area contributed by atoms with E-state index in [4.69, 9.17) is 5.73 Å². The maximum Gasteiger partial charge on any atom is 0.220 e. The third-order valence-electron chi connectivity index (χ3n) is 5.05. The summed E-state index contributed by atoms with van der Waals surface area (Å²) in [7, 11) is 0. The van der Waals surface area contributed by atoms with Gasteiger partial charge in [-0.25, -0.2) is 0 Å². The molecule has 1 saturated carbocycles. The summed E-state index contributed by atoms with van der Waals surface area (Å²) in [5.41, 5.74) is 6.11.